The van der Waals surface area contributed by atoms with Crippen molar-refractivity contribution in [2.75, 3.05) is 19.6 Å². The molecule has 0 saturated carbocycles. The summed E-state index contributed by atoms with van der Waals surface area (Å²) in [6, 6.07) is 7.49. The van der Waals surface area contributed by atoms with Crippen molar-refractivity contribution in [2.24, 2.45) is 0 Å². The van der Waals surface area contributed by atoms with Gasteiger partial charge in [0.05, 0.1) is 4.91 Å². The monoisotopic (exact) mass is 422 g/mol. The number of benzene rings is 1. The molecule has 0 spiro atoms. The summed E-state index contributed by atoms with van der Waals surface area (Å²) >= 11 is 4.27. The van der Waals surface area contributed by atoms with E-state index >= 15 is 0 Å². The van der Waals surface area contributed by atoms with E-state index in [1.807, 2.05) is 24.3 Å². The van der Waals surface area contributed by atoms with Gasteiger partial charge in [-0.3, -0.25) is 19.3 Å². The van der Waals surface area contributed by atoms with Crippen LogP contribution in [0.3, 0.4) is 0 Å². The molecule has 1 aromatic rings. The van der Waals surface area contributed by atoms with Gasteiger partial charge in [0.1, 0.15) is 6.54 Å². The lowest BCUT2D eigenvalue weighted by atomic mass is 10.2. The first kappa shape index (κ1) is 18.2. The van der Waals surface area contributed by atoms with E-state index in [1.54, 1.807) is 11.0 Å². The number of hydrogen-bond acceptors (Lipinski definition) is 4. The van der Waals surface area contributed by atoms with Crippen LogP contribution in [0.25, 0.3) is 6.08 Å². The molecule has 2 fully saturated rings. The highest BCUT2D eigenvalue weighted by Gasteiger charge is 2.37. The fourth-order valence-electron chi connectivity index (χ4n) is 2.94. The van der Waals surface area contributed by atoms with Crippen LogP contribution in [0.4, 0.5) is 4.79 Å². The van der Waals surface area contributed by atoms with Crippen LogP contribution < -0.4 is 0 Å². The zero-order valence-electron chi connectivity index (χ0n) is 13.7. The topological polar surface area (TPSA) is 57.7 Å². The number of carbonyl (C=O) groups is 3. The maximum absolute atomic E-state index is 12.5. The normalized spacial score (nSPS) is 20.3. The molecule has 132 valence electrons. The summed E-state index contributed by atoms with van der Waals surface area (Å²) in [5.74, 6) is -0.536. The van der Waals surface area contributed by atoms with Crippen molar-refractivity contribution >= 4 is 50.8 Å². The zero-order valence-corrected chi connectivity index (χ0v) is 16.1. The molecule has 3 rings (SSSR count). The van der Waals surface area contributed by atoms with Gasteiger partial charge in [0.15, 0.2) is 0 Å². The maximum atomic E-state index is 12.5. The first-order valence-corrected chi connectivity index (χ1v) is 9.94. The quantitative estimate of drug-likeness (QED) is 0.693. The van der Waals surface area contributed by atoms with Gasteiger partial charge in [-0.05, 0) is 48.4 Å². The molecule has 7 heteroatoms. The third kappa shape index (κ3) is 4.52. The molecule has 0 aliphatic carbocycles. The van der Waals surface area contributed by atoms with Crippen molar-refractivity contribution in [1.82, 2.24) is 9.80 Å². The third-order valence-electron chi connectivity index (χ3n) is 4.27. The van der Waals surface area contributed by atoms with Crippen LogP contribution in [0.1, 0.15) is 31.2 Å². The van der Waals surface area contributed by atoms with Crippen LogP contribution in [0.5, 0.6) is 0 Å². The van der Waals surface area contributed by atoms with Gasteiger partial charge in [0.25, 0.3) is 11.1 Å². The van der Waals surface area contributed by atoms with Crippen LogP contribution in [0.15, 0.2) is 33.6 Å². The van der Waals surface area contributed by atoms with E-state index in [0.717, 1.165) is 52.4 Å². The van der Waals surface area contributed by atoms with Crippen LogP contribution in [0.2, 0.25) is 0 Å². The van der Waals surface area contributed by atoms with E-state index < -0.39 is 5.91 Å². The Morgan fingerprint density at radius 3 is 2.56 bits per heavy atom. The van der Waals surface area contributed by atoms with Crippen molar-refractivity contribution < 1.29 is 14.4 Å². The number of imide groups is 1. The Bertz CT molecular complexity index is 727. The van der Waals surface area contributed by atoms with Crippen molar-refractivity contribution in [3.05, 3.63) is 39.2 Å². The molecule has 2 aliphatic heterocycles. The number of halogens is 1. The minimum absolute atomic E-state index is 0.145. The maximum Gasteiger partial charge on any atom is 0.294 e. The first-order chi connectivity index (χ1) is 12.0. The van der Waals surface area contributed by atoms with E-state index in [1.165, 1.54) is 0 Å². The fourth-order valence-corrected chi connectivity index (χ4v) is 4.19. The summed E-state index contributed by atoms with van der Waals surface area (Å²) in [6.45, 7) is 1.26. The summed E-state index contributed by atoms with van der Waals surface area (Å²) < 4.78 is 0.900. The number of hydrogen-bond donors (Lipinski definition) is 0. The molecule has 25 heavy (non-hydrogen) atoms. The molecule has 5 nitrogen and oxygen atoms in total. The van der Waals surface area contributed by atoms with E-state index in [4.69, 9.17) is 0 Å². The molecule has 0 aromatic heterocycles. The van der Waals surface area contributed by atoms with Crippen molar-refractivity contribution in [1.29, 1.82) is 0 Å². The zero-order chi connectivity index (χ0) is 17.8. The molecule has 2 saturated heterocycles. The minimum atomic E-state index is -0.391. The summed E-state index contributed by atoms with van der Waals surface area (Å²) in [6.07, 6.45) is 5.90. The van der Waals surface area contributed by atoms with E-state index in [0.29, 0.717) is 18.0 Å². The Morgan fingerprint density at radius 1 is 1.16 bits per heavy atom. The van der Waals surface area contributed by atoms with Crippen LogP contribution in [-0.2, 0) is 9.59 Å². The van der Waals surface area contributed by atoms with Gasteiger partial charge in [-0.25, -0.2) is 0 Å². The predicted octanol–water partition coefficient (Wildman–Crippen LogP) is 3.89. The van der Waals surface area contributed by atoms with Gasteiger partial charge in [-0.15, -0.1) is 0 Å². The Labute approximate surface area is 159 Å². The lowest BCUT2D eigenvalue weighted by Gasteiger charge is -2.22. The molecule has 2 aliphatic rings. The molecule has 2 heterocycles. The third-order valence-corrected chi connectivity index (χ3v) is 5.67. The highest BCUT2D eigenvalue weighted by atomic mass is 79.9. The van der Waals surface area contributed by atoms with Crippen LogP contribution in [-0.4, -0.2) is 46.5 Å². The van der Waals surface area contributed by atoms with E-state index in [2.05, 4.69) is 15.9 Å². The number of likely N-dealkylation sites (tertiary alicyclic amines) is 1. The van der Waals surface area contributed by atoms with Crippen molar-refractivity contribution in [3.63, 3.8) is 0 Å². The molecular formula is C18H19BrN2O3S. The summed E-state index contributed by atoms with van der Waals surface area (Å²) in [4.78, 5) is 40.3. The van der Waals surface area contributed by atoms with Gasteiger partial charge < -0.3 is 4.90 Å². The van der Waals surface area contributed by atoms with Crippen LogP contribution >= 0.6 is 27.7 Å². The second-order valence-electron chi connectivity index (χ2n) is 6.12. The van der Waals surface area contributed by atoms with Crippen molar-refractivity contribution in [2.45, 2.75) is 25.7 Å². The average Bonchev–Trinajstić information content (AvgIpc) is 2.79. The Balaban J connectivity index is 1.69. The SMILES string of the molecule is O=C(CN1C(=O)S/C(=C/c2cccc(Br)c2)C1=O)N1CCCCCC1. The summed E-state index contributed by atoms with van der Waals surface area (Å²) in [5, 5.41) is -0.380. The minimum Gasteiger partial charge on any atom is -0.341 e. The largest absolute Gasteiger partial charge is 0.341 e. The van der Waals surface area contributed by atoms with Crippen molar-refractivity contribution in [3.8, 4) is 0 Å². The smallest absolute Gasteiger partial charge is 0.294 e. The van der Waals surface area contributed by atoms with Gasteiger partial charge in [0, 0.05) is 17.6 Å². The molecule has 1 aromatic carbocycles. The molecule has 0 N–H and O–H groups in total. The number of rotatable bonds is 3. The van der Waals surface area contributed by atoms with Gasteiger partial charge >= 0.3 is 0 Å². The summed E-state index contributed by atoms with van der Waals surface area (Å²) in [7, 11) is 0. The highest BCUT2D eigenvalue weighted by molar-refractivity contribution is 9.10. The molecule has 3 amide bonds. The average molecular weight is 423 g/mol. The summed E-state index contributed by atoms with van der Waals surface area (Å²) in [5.41, 5.74) is 0.832. The molecule has 0 atom stereocenters. The lowest BCUT2D eigenvalue weighted by molar-refractivity contribution is -0.135. The van der Waals surface area contributed by atoms with E-state index in [9.17, 15) is 14.4 Å². The first-order valence-electron chi connectivity index (χ1n) is 8.33. The molecule has 0 unspecified atom stereocenters. The Kier molecular flexibility index (Phi) is 5.96. The predicted molar refractivity (Wildman–Crippen MR) is 102 cm³/mol. The van der Waals surface area contributed by atoms with Crippen LogP contribution in [0, 0.1) is 0 Å². The second-order valence-corrected chi connectivity index (χ2v) is 8.03. The lowest BCUT2D eigenvalue weighted by Crippen LogP contribution is -2.42. The number of amides is 3. The highest BCUT2D eigenvalue weighted by Crippen LogP contribution is 2.32. The van der Waals surface area contributed by atoms with E-state index in [-0.39, 0.29) is 17.7 Å². The van der Waals surface area contributed by atoms with Gasteiger partial charge in [-0.1, -0.05) is 40.9 Å². The number of carbonyl (C=O) groups excluding carboxylic acids is 3. The standard InChI is InChI=1S/C18H19BrN2O3S/c19-14-7-5-6-13(10-14)11-15-17(23)21(18(24)25-15)12-16(22)20-8-3-1-2-4-9-20/h5-7,10-11H,1-4,8-9,12H2/b15-11+. The second kappa shape index (κ2) is 8.19. The van der Waals surface area contributed by atoms with Gasteiger partial charge in [-0.2, -0.15) is 0 Å². The van der Waals surface area contributed by atoms with Gasteiger partial charge in [0.2, 0.25) is 5.91 Å². The molecule has 0 radical (unpaired) electrons. The molecule has 0 bridgehead atoms. The molecular weight excluding hydrogens is 404 g/mol. The number of thioether (sulfide) groups is 1. The Morgan fingerprint density at radius 2 is 1.88 bits per heavy atom. The Hall–Kier alpha value is -1.60. The number of nitrogens with zero attached hydrogens (tertiary/aromatic N) is 2. The fraction of sp³-hybridized carbons (Fsp3) is 0.389.